The van der Waals surface area contributed by atoms with Crippen molar-refractivity contribution in [2.24, 2.45) is 7.05 Å². The molecule has 16 heavy (non-hydrogen) atoms. The van der Waals surface area contributed by atoms with Crippen molar-refractivity contribution in [2.45, 2.75) is 19.4 Å². The van der Waals surface area contributed by atoms with E-state index in [1.165, 1.54) is 0 Å². The molecule has 1 fully saturated rings. The van der Waals surface area contributed by atoms with Crippen molar-refractivity contribution >= 4 is 23.4 Å². The molecule has 0 saturated carbocycles. The van der Waals surface area contributed by atoms with E-state index in [0.717, 1.165) is 41.3 Å². The molecule has 0 aromatic carbocycles. The van der Waals surface area contributed by atoms with Gasteiger partial charge in [0.05, 0.1) is 18.3 Å². The van der Waals surface area contributed by atoms with E-state index in [2.05, 4.69) is 14.6 Å². The SMILES string of the molecule is Cc1nn(C)c2c1[nH]c(=S)n2C1CCOC1. The Balaban J connectivity index is 2.29. The van der Waals surface area contributed by atoms with Gasteiger partial charge in [0.2, 0.25) is 0 Å². The number of H-pyrrole nitrogens is 1. The van der Waals surface area contributed by atoms with Crippen molar-refractivity contribution in [3.8, 4) is 0 Å². The molecule has 1 N–H and O–H groups in total. The number of aryl methyl sites for hydroxylation is 2. The molecule has 2 aromatic heterocycles. The third-order valence-corrected chi connectivity index (χ3v) is 3.44. The van der Waals surface area contributed by atoms with Gasteiger partial charge in [0, 0.05) is 13.7 Å². The van der Waals surface area contributed by atoms with E-state index in [-0.39, 0.29) is 0 Å². The molecule has 1 aliphatic rings. The van der Waals surface area contributed by atoms with Crippen molar-refractivity contribution in [1.82, 2.24) is 19.3 Å². The summed E-state index contributed by atoms with van der Waals surface area (Å²) in [6, 6.07) is 0.344. The average molecular weight is 238 g/mol. The molecule has 3 heterocycles. The summed E-state index contributed by atoms with van der Waals surface area (Å²) in [5.41, 5.74) is 3.10. The zero-order chi connectivity index (χ0) is 11.3. The molecule has 0 aliphatic carbocycles. The standard InChI is InChI=1S/C10H14N4OS/c1-6-8-9(13(2)12-6)14(10(16)11-8)7-3-4-15-5-7/h7H,3-5H2,1-2H3,(H,11,16). The second-order valence-corrected chi connectivity index (χ2v) is 4.61. The number of aromatic nitrogens is 4. The summed E-state index contributed by atoms with van der Waals surface area (Å²) in [4.78, 5) is 3.23. The number of nitrogens with one attached hydrogen (secondary N) is 1. The van der Waals surface area contributed by atoms with Gasteiger partial charge in [-0.3, -0.25) is 9.25 Å². The van der Waals surface area contributed by atoms with Crippen molar-refractivity contribution in [2.75, 3.05) is 13.2 Å². The summed E-state index contributed by atoms with van der Waals surface area (Å²) in [7, 11) is 1.95. The van der Waals surface area contributed by atoms with Gasteiger partial charge in [-0.05, 0) is 25.6 Å². The fourth-order valence-corrected chi connectivity index (χ4v) is 2.73. The summed E-state index contributed by atoms with van der Waals surface area (Å²) in [5, 5.41) is 4.40. The Bertz CT molecular complexity index is 588. The Hall–Kier alpha value is -1.14. The number of hydrogen-bond acceptors (Lipinski definition) is 3. The molecule has 0 spiro atoms. The maximum absolute atomic E-state index is 5.42. The lowest BCUT2D eigenvalue weighted by molar-refractivity contribution is 0.187. The topological polar surface area (TPSA) is 47.8 Å². The molecule has 3 rings (SSSR count). The van der Waals surface area contributed by atoms with Crippen LogP contribution in [0.25, 0.3) is 11.2 Å². The van der Waals surface area contributed by atoms with Crippen LogP contribution >= 0.6 is 12.2 Å². The van der Waals surface area contributed by atoms with Crippen LogP contribution in [0.1, 0.15) is 18.2 Å². The van der Waals surface area contributed by atoms with E-state index >= 15 is 0 Å². The Morgan fingerprint density at radius 1 is 1.56 bits per heavy atom. The Kier molecular flexibility index (Phi) is 2.15. The van der Waals surface area contributed by atoms with Gasteiger partial charge in [0.15, 0.2) is 10.4 Å². The molecule has 0 amide bonds. The second kappa shape index (κ2) is 3.43. The highest BCUT2D eigenvalue weighted by molar-refractivity contribution is 7.71. The van der Waals surface area contributed by atoms with Crippen LogP contribution in [0.4, 0.5) is 0 Å². The summed E-state index contributed by atoms with van der Waals surface area (Å²) < 4.78 is 10.2. The molecule has 6 heteroatoms. The summed E-state index contributed by atoms with van der Waals surface area (Å²) in [6.07, 6.45) is 1.02. The molecule has 0 bridgehead atoms. The highest BCUT2D eigenvalue weighted by atomic mass is 32.1. The first-order valence-corrected chi connectivity index (χ1v) is 5.81. The molecule has 1 unspecified atom stereocenters. The third kappa shape index (κ3) is 1.26. The van der Waals surface area contributed by atoms with Crippen LogP contribution in [0, 0.1) is 11.7 Å². The normalized spacial score (nSPS) is 21.0. The summed E-state index contributed by atoms with van der Waals surface area (Å²) >= 11 is 5.37. The van der Waals surface area contributed by atoms with Gasteiger partial charge in [0.1, 0.15) is 5.52 Å². The monoisotopic (exact) mass is 238 g/mol. The molecule has 5 nitrogen and oxygen atoms in total. The quantitative estimate of drug-likeness (QED) is 0.769. The number of imidazole rings is 1. The fraction of sp³-hybridized carbons (Fsp3) is 0.600. The minimum Gasteiger partial charge on any atom is -0.379 e. The van der Waals surface area contributed by atoms with Gasteiger partial charge < -0.3 is 9.72 Å². The predicted molar refractivity (Wildman–Crippen MR) is 63.1 cm³/mol. The van der Waals surface area contributed by atoms with Gasteiger partial charge in [-0.25, -0.2) is 0 Å². The number of rotatable bonds is 1. The van der Waals surface area contributed by atoms with Gasteiger partial charge >= 0.3 is 0 Å². The smallest absolute Gasteiger partial charge is 0.179 e. The lowest BCUT2D eigenvalue weighted by atomic mass is 10.2. The lowest BCUT2D eigenvalue weighted by Gasteiger charge is -2.10. The predicted octanol–water partition coefficient (Wildman–Crippen LogP) is 1.70. The van der Waals surface area contributed by atoms with Crippen LogP contribution in [0.15, 0.2) is 0 Å². The van der Waals surface area contributed by atoms with E-state index in [0.29, 0.717) is 6.04 Å². The minimum atomic E-state index is 0.344. The molecular weight excluding hydrogens is 224 g/mol. The number of hydrogen-bond donors (Lipinski definition) is 1. The van der Waals surface area contributed by atoms with Gasteiger partial charge in [-0.2, -0.15) is 5.10 Å². The highest BCUT2D eigenvalue weighted by Crippen LogP contribution is 2.26. The maximum Gasteiger partial charge on any atom is 0.179 e. The summed E-state index contributed by atoms with van der Waals surface area (Å²) in [5.74, 6) is 0. The van der Waals surface area contributed by atoms with Crippen LogP contribution in [0.2, 0.25) is 0 Å². The first-order chi connectivity index (χ1) is 7.68. The van der Waals surface area contributed by atoms with Crippen LogP contribution in [0.3, 0.4) is 0 Å². The van der Waals surface area contributed by atoms with Crippen LogP contribution in [0.5, 0.6) is 0 Å². The average Bonchev–Trinajstić information content (AvgIpc) is 2.87. The van der Waals surface area contributed by atoms with Crippen LogP contribution < -0.4 is 0 Å². The molecule has 0 radical (unpaired) electrons. The Morgan fingerprint density at radius 2 is 2.38 bits per heavy atom. The number of nitrogens with zero attached hydrogens (tertiary/aromatic N) is 3. The zero-order valence-corrected chi connectivity index (χ0v) is 10.2. The van der Waals surface area contributed by atoms with Gasteiger partial charge in [0.25, 0.3) is 0 Å². The van der Waals surface area contributed by atoms with E-state index in [4.69, 9.17) is 17.0 Å². The fourth-order valence-electron chi connectivity index (χ4n) is 2.40. The van der Waals surface area contributed by atoms with Crippen molar-refractivity contribution in [3.63, 3.8) is 0 Å². The first-order valence-electron chi connectivity index (χ1n) is 5.40. The van der Waals surface area contributed by atoms with Crippen LogP contribution in [-0.4, -0.2) is 32.5 Å². The lowest BCUT2D eigenvalue weighted by Crippen LogP contribution is -2.11. The Morgan fingerprint density at radius 3 is 3.06 bits per heavy atom. The molecule has 1 saturated heterocycles. The van der Waals surface area contributed by atoms with E-state index < -0.39 is 0 Å². The second-order valence-electron chi connectivity index (χ2n) is 4.23. The van der Waals surface area contributed by atoms with E-state index in [1.807, 2.05) is 18.7 Å². The first kappa shape index (κ1) is 10.0. The minimum absolute atomic E-state index is 0.344. The van der Waals surface area contributed by atoms with Crippen LogP contribution in [-0.2, 0) is 11.8 Å². The molecular formula is C10H14N4OS. The maximum atomic E-state index is 5.42. The molecule has 1 aliphatic heterocycles. The third-order valence-electron chi connectivity index (χ3n) is 3.14. The Labute approximate surface area is 98.0 Å². The molecule has 2 aromatic rings. The zero-order valence-electron chi connectivity index (χ0n) is 9.36. The number of aromatic amines is 1. The van der Waals surface area contributed by atoms with Gasteiger partial charge in [-0.15, -0.1) is 0 Å². The summed E-state index contributed by atoms with van der Waals surface area (Å²) in [6.45, 7) is 3.55. The van der Waals surface area contributed by atoms with E-state index in [1.54, 1.807) is 0 Å². The number of fused-ring (bicyclic) bond motifs is 1. The molecule has 86 valence electrons. The van der Waals surface area contributed by atoms with Gasteiger partial charge in [-0.1, -0.05) is 0 Å². The number of ether oxygens (including phenoxy) is 1. The molecule has 1 atom stereocenters. The van der Waals surface area contributed by atoms with E-state index in [9.17, 15) is 0 Å². The van der Waals surface area contributed by atoms with Crippen molar-refractivity contribution < 1.29 is 4.74 Å². The van der Waals surface area contributed by atoms with Crippen molar-refractivity contribution in [1.29, 1.82) is 0 Å². The largest absolute Gasteiger partial charge is 0.379 e. The van der Waals surface area contributed by atoms with Crippen molar-refractivity contribution in [3.05, 3.63) is 10.5 Å². The highest BCUT2D eigenvalue weighted by Gasteiger charge is 2.23.